The second-order valence-corrected chi connectivity index (χ2v) is 7.84. The molecule has 2 aromatic heterocycles. The topological polar surface area (TPSA) is 83.3 Å². The summed E-state index contributed by atoms with van der Waals surface area (Å²) in [6.07, 6.45) is -2.95. The maximum atomic E-state index is 15.6. The first-order valence-electron chi connectivity index (χ1n) is 9.61. The molecule has 31 heavy (non-hydrogen) atoms. The molecule has 0 radical (unpaired) electrons. The van der Waals surface area contributed by atoms with Crippen LogP contribution in [0.3, 0.4) is 0 Å². The average Bonchev–Trinajstić information content (AvgIpc) is 3.27. The minimum Gasteiger partial charge on any atom is -0.453 e. The molecule has 162 valence electrons. The normalized spacial score (nSPS) is 23.3. The van der Waals surface area contributed by atoms with Crippen molar-refractivity contribution in [1.29, 1.82) is 0 Å². The van der Waals surface area contributed by atoms with Gasteiger partial charge in [-0.1, -0.05) is 36.7 Å². The fourth-order valence-corrected chi connectivity index (χ4v) is 4.17. The highest BCUT2D eigenvalue weighted by Crippen LogP contribution is 2.39. The fourth-order valence-electron chi connectivity index (χ4n) is 3.69. The number of hydrogen-bond donors (Lipinski definition) is 0. The molecule has 2 unspecified atom stereocenters. The fraction of sp³-hybridized carbons (Fsp3) is 0.333. The molecular weight excluding hydrogens is 448 g/mol. The molecule has 1 aromatic carbocycles. The van der Waals surface area contributed by atoms with Crippen LogP contribution in [0.4, 0.5) is 4.39 Å². The Kier molecular flexibility index (Phi) is 5.96. The van der Waals surface area contributed by atoms with Gasteiger partial charge in [0, 0.05) is 11.8 Å². The van der Waals surface area contributed by atoms with E-state index in [0.717, 1.165) is 0 Å². The van der Waals surface area contributed by atoms with Crippen molar-refractivity contribution in [2.24, 2.45) is 0 Å². The van der Waals surface area contributed by atoms with Gasteiger partial charge in [0.25, 0.3) is 0 Å². The van der Waals surface area contributed by atoms with Crippen molar-refractivity contribution in [2.45, 2.75) is 44.9 Å². The summed E-state index contributed by atoms with van der Waals surface area (Å²) in [6, 6.07) is 8.32. The lowest BCUT2D eigenvalue weighted by atomic mass is 10.1. The third kappa shape index (κ3) is 3.91. The van der Waals surface area contributed by atoms with Crippen LogP contribution >= 0.6 is 23.2 Å². The molecule has 7 nitrogen and oxygen atoms in total. The van der Waals surface area contributed by atoms with Crippen LogP contribution in [0.5, 0.6) is 0 Å². The molecule has 0 amide bonds. The Labute approximate surface area is 187 Å². The number of carbonyl (C=O) groups excluding carboxylic acids is 2. The highest BCUT2D eigenvalue weighted by molar-refractivity contribution is 6.36. The van der Waals surface area contributed by atoms with Gasteiger partial charge in [0.1, 0.15) is 16.9 Å². The number of hydrogen-bond acceptors (Lipinski definition) is 6. The number of carbonyl (C=O) groups is 2. The van der Waals surface area contributed by atoms with Gasteiger partial charge in [-0.05, 0) is 37.1 Å². The van der Waals surface area contributed by atoms with Gasteiger partial charge in [-0.3, -0.25) is 4.79 Å². The number of rotatable bonds is 5. The number of Topliss-reactive ketones (excluding diaryl/α,β-unsaturated/α-hetero) is 1. The van der Waals surface area contributed by atoms with Crippen LogP contribution in [0.1, 0.15) is 47.2 Å². The number of fused-ring (bicyclic) bond motifs is 1. The minimum atomic E-state index is -1.72. The van der Waals surface area contributed by atoms with Crippen molar-refractivity contribution in [2.75, 3.05) is 0 Å². The van der Waals surface area contributed by atoms with Crippen LogP contribution in [0.15, 0.2) is 36.5 Å². The van der Waals surface area contributed by atoms with Crippen molar-refractivity contribution in [1.82, 2.24) is 14.5 Å². The molecule has 0 bridgehead atoms. The molecule has 1 fully saturated rings. The van der Waals surface area contributed by atoms with E-state index in [-0.39, 0.29) is 32.8 Å². The first-order chi connectivity index (χ1) is 14.8. The van der Waals surface area contributed by atoms with E-state index >= 15 is 4.39 Å². The monoisotopic (exact) mass is 465 g/mol. The van der Waals surface area contributed by atoms with E-state index < -0.39 is 30.6 Å². The molecule has 0 spiro atoms. The second kappa shape index (κ2) is 8.53. The predicted octanol–water partition coefficient (Wildman–Crippen LogP) is 4.81. The zero-order valence-electron chi connectivity index (χ0n) is 16.6. The van der Waals surface area contributed by atoms with Crippen LogP contribution in [-0.2, 0) is 9.47 Å². The van der Waals surface area contributed by atoms with Gasteiger partial charge in [-0.25, -0.2) is 14.2 Å². The first-order valence-corrected chi connectivity index (χ1v) is 10.4. The Morgan fingerprint density at radius 1 is 1.23 bits per heavy atom. The summed E-state index contributed by atoms with van der Waals surface area (Å²) in [5, 5.41) is 0.0815. The van der Waals surface area contributed by atoms with Crippen LogP contribution in [0, 0.1) is 0 Å². The SMILES string of the molecule is CC[C@H]1OC(n2cc(C(C)=O)c3c(Cl)nc(Cl)nc32)[C@H](F)C1OC(=O)c1ccccc1. The Bertz CT molecular complexity index is 1150. The summed E-state index contributed by atoms with van der Waals surface area (Å²) in [7, 11) is 0. The van der Waals surface area contributed by atoms with Gasteiger partial charge >= 0.3 is 5.97 Å². The highest BCUT2D eigenvalue weighted by Gasteiger charge is 2.48. The lowest BCUT2D eigenvalue weighted by Crippen LogP contribution is -2.33. The molecule has 4 atom stereocenters. The van der Waals surface area contributed by atoms with Gasteiger partial charge in [-0.15, -0.1) is 0 Å². The van der Waals surface area contributed by atoms with Gasteiger partial charge in [0.05, 0.1) is 10.9 Å². The minimum absolute atomic E-state index is 0.0218. The smallest absolute Gasteiger partial charge is 0.338 e. The lowest BCUT2D eigenvalue weighted by Gasteiger charge is -2.18. The zero-order chi connectivity index (χ0) is 22.3. The van der Waals surface area contributed by atoms with Crippen molar-refractivity contribution in [3.8, 4) is 0 Å². The van der Waals surface area contributed by atoms with E-state index in [1.165, 1.54) is 17.7 Å². The average molecular weight is 466 g/mol. The summed E-state index contributed by atoms with van der Waals surface area (Å²) >= 11 is 12.1. The van der Waals surface area contributed by atoms with Gasteiger partial charge in [0.15, 0.2) is 24.3 Å². The summed E-state index contributed by atoms with van der Waals surface area (Å²) in [6.45, 7) is 3.15. The van der Waals surface area contributed by atoms with Gasteiger partial charge < -0.3 is 14.0 Å². The van der Waals surface area contributed by atoms with Crippen molar-refractivity contribution in [3.63, 3.8) is 0 Å². The van der Waals surface area contributed by atoms with E-state index in [4.69, 9.17) is 32.7 Å². The molecule has 0 saturated carbocycles. The number of ketones is 1. The quantitative estimate of drug-likeness (QED) is 0.232. The molecule has 0 aliphatic carbocycles. The van der Waals surface area contributed by atoms with E-state index in [1.54, 1.807) is 37.3 Å². The molecule has 4 rings (SSSR count). The van der Waals surface area contributed by atoms with Crippen molar-refractivity contribution in [3.05, 3.63) is 58.1 Å². The number of alkyl halides is 1. The number of halogens is 3. The van der Waals surface area contributed by atoms with E-state index in [0.29, 0.717) is 12.0 Å². The summed E-state index contributed by atoms with van der Waals surface area (Å²) in [5.41, 5.74) is 0.683. The highest BCUT2D eigenvalue weighted by atomic mass is 35.5. The van der Waals surface area contributed by atoms with E-state index in [9.17, 15) is 9.59 Å². The van der Waals surface area contributed by atoms with Crippen LogP contribution in [0.25, 0.3) is 11.0 Å². The molecular formula is C21H18Cl2FN3O4. The molecule has 3 heterocycles. The standard InChI is InChI=1S/C21H18Cl2FN3O4/c1-3-13-16(31-20(29)11-7-5-4-6-8-11)15(24)19(30-13)27-9-12(10(2)28)14-17(22)25-21(23)26-18(14)27/h4-9,13,15-16,19H,3H2,1-2H3/t13-,15-,16?,19?/m1/s1. The Hall–Kier alpha value is -2.55. The summed E-state index contributed by atoms with van der Waals surface area (Å²) < 4.78 is 28.3. The van der Waals surface area contributed by atoms with Crippen LogP contribution < -0.4 is 0 Å². The van der Waals surface area contributed by atoms with Crippen LogP contribution in [-0.4, -0.2) is 44.7 Å². The molecule has 1 saturated heterocycles. The third-order valence-electron chi connectivity index (χ3n) is 5.18. The number of aromatic nitrogens is 3. The molecule has 3 aromatic rings. The largest absolute Gasteiger partial charge is 0.453 e. The number of ether oxygens (including phenoxy) is 2. The number of nitrogens with zero attached hydrogens (tertiary/aromatic N) is 3. The lowest BCUT2D eigenvalue weighted by molar-refractivity contribution is -0.0294. The Morgan fingerprint density at radius 2 is 1.94 bits per heavy atom. The molecule has 0 N–H and O–H groups in total. The third-order valence-corrected chi connectivity index (χ3v) is 5.62. The predicted molar refractivity (Wildman–Crippen MR) is 112 cm³/mol. The number of benzene rings is 1. The Balaban J connectivity index is 1.72. The van der Waals surface area contributed by atoms with E-state index in [1.807, 2.05) is 0 Å². The second-order valence-electron chi connectivity index (χ2n) is 7.14. The molecule has 10 heteroatoms. The summed E-state index contributed by atoms with van der Waals surface area (Å²) in [5.74, 6) is -0.949. The van der Waals surface area contributed by atoms with Crippen molar-refractivity contribution < 1.29 is 23.5 Å². The maximum Gasteiger partial charge on any atom is 0.338 e. The number of esters is 1. The van der Waals surface area contributed by atoms with Gasteiger partial charge in [0.2, 0.25) is 5.28 Å². The maximum absolute atomic E-state index is 15.6. The van der Waals surface area contributed by atoms with Gasteiger partial charge in [-0.2, -0.15) is 4.98 Å². The zero-order valence-corrected chi connectivity index (χ0v) is 18.1. The Morgan fingerprint density at radius 3 is 2.58 bits per heavy atom. The van der Waals surface area contributed by atoms with Crippen molar-refractivity contribution >= 4 is 46.0 Å². The summed E-state index contributed by atoms with van der Waals surface area (Å²) in [4.78, 5) is 32.6. The van der Waals surface area contributed by atoms with Crippen LogP contribution in [0.2, 0.25) is 10.4 Å². The first kappa shape index (κ1) is 21.7. The van der Waals surface area contributed by atoms with E-state index in [2.05, 4.69) is 9.97 Å². The molecule has 1 aliphatic rings. The molecule has 1 aliphatic heterocycles.